The highest BCUT2D eigenvalue weighted by Gasteiger charge is 2.04. The third-order valence-corrected chi connectivity index (χ3v) is 2.28. The van der Waals surface area contributed by atoms with Gasteiger partial charge in [-0.3, -0.25) is 4.68 Å². The molecule has 1 aromatic carbocycles. The lowest BCUT2D eigenvalue weighted by atomic mass is 10.2. The van der Waals surface area contributed by atoms with Crippen molar-refractivity contribution in [2.24, 2.45) is 7.05 Å². The SMILES string of the molecule is Cn1ccc(CNc2cccc(F)c2N)n1. The molecular formula is C11H13FN4. The molecule has 3 N–H and O–H groups in total. The number of halogens is 1. The summed E-state index contributed by atoms with van der Waals surface area (Å²) in [6, 6.07) is 6.58. The number of nitrogen functional groups attached to an aromatic ring is 1. The zero-order valence-electron chi connectivity index (χ0n) is 8.94. The van der Waals surface area contributed by atoms with E-state index in [1.54, 1.807) is 16.8 Å². The Morgan fingerprint density at radius 2 is 2.25 bits per heavy atom. The Bertz CT molecular complexity index is 492. The molecule has 0 saturated carbocycles. The summed E-state index contributed by atoms with van der Waals surface area (Å²) in [6.45, 7) is 0.522. The number of nitrogens with one attached hydrogen (secondary N) is 1. The number of hydrogen-bond acceptors (Lipinski definition) is 3. The average molecular weight is 220 g/mol. The van der Waals surface area contributed by atoms with E-state index in [1.807, 2.05) is 19.3 Å². The topological polar surface area (TPSA) is 55.9 Å². The third kappa shape index (κ3) is 2.13. The van der Waals surface area contributed by atoms with Gasteiger partial charge in [0.2, 0.25) is 0 Å². The van der Waals surface area contributed by atoms with Crippen LogP contribution in [0.2, 0.25) is 0 Å². The first-order valence-electron chi connectivity index (χ1n) is 4.93. The van der Waals surface area contributed by atoms with Crippen LogP contribution in [0, 0.1) is 5.82 Å². The van der Waals surface area contributed by atoms with E-state index >= 15 is 0 Å². The second kappa shape index (κ2) is 4.22. The highest BCUT2D eigenvalue weighted by atomic mass is 19.1. The van der Waals surface area contributed by atoms with Crippen LogP contribution >= 0.6 is 0 Å². The van der Waals surface area contributed by atoms with Gasteiger partial charge >= 0.3 is 0 Å². The largest absolute Gasteiger partial charge is 0.395 e. The van der Waals surface area contributed by atoms with Crippen molar-refractivity contribution in [1.29, 1.82) is 0 Å². The Morgan fingerprint density at radius 1 is 1.44 bits per heavy atom. The molecule has 0 aliphatic carbocycles. The quantitative estimate of drug-likeness (QED) is 0.775. The van der Waals surface area contributed by atoms with Gasteiger partial charge in [0.25, 0.3) is 0 Å². The first kappa shape index (κ1) is 10.5. The Labute approximate surface area is 92.9 Å². The lowest BCUT2D eigenvalue weighted by molar-refractivity contribution is 0.633. The van der Waals surface area contributed by atoms with Crippen molar-refractivity contribution in [1.82, 2.24) is 9.78 Å². The van der Waals surface area contributed by atoms with Crippen LogP contribution in [0.1, 0.15) is 5.69 Å². The molecule has 0 unspecified atom stereocenters. The van der Waals surface area contributed by atoms with E-state index in [4.69, 9.17) is 5.73 Å². The number of rotatable bonds is 3. The molecule has 0 spiro atoms. The van der Waals surface area contributed by atoms with Crippen molar-refractivity contribution in [2.75, 3.05) is 11.1 Å². The van der Waals surface area contributed by atoms with Gasteiger partial charge in [0.15, 0.2) is 0 Å². The molecule has 0 amide bonds. The molecule has 4 nitrogen and oxygen atoms in total. The normalized spacial score (nSPS) is 10.4. The zero-order valence-corrected chi connectivity index (χ0v) is 8.94. The molecule has 0 saturated heterocycles. The molecule has 0 aliphatic rings. The number of benzene rings is 1. The van der Waals surface area contributed by atoms with Gasteiger partial charge in [0.05, 0.1) is 23.6 Å². The molecule has 0 atom stereocenters. The highest BCUT2D eigenvalue weighted by Crippen LogP contribution is 2.21. The van der Waals surface area contributed by atoms with E-state index in [2.05, 4.69) is 10.4 Å². The molecule has 84 valence electrons. The molecule has 5 heteroatoms. The maximum Gasteiger partial charge on any atom is 0.148 e. The van der Waals surface area contributed by atoms with Gasteiger partial charge in [-0.15, -0.1) is 0 Å². The van der Waals surface area contributed by atoms with E-state index in [0.29, 0.717) is 12.2 Å². The maximum atomic E-state index is 13.1. The van der Waals surface area contributed by atoms with E-state index in [-0.39, 0.29) is 5.69 Å². The molecule has 0 aliphatic heterocycles. The van der Waals surface area contributed by atoms with E-state index < -0.39 is 5.82 Å². The number of aromatic nitrogens is 2. The monoisotopic (exact) mass is 220 g/mol. The molecule has 2 rings (SSSR count). The lowest BCUT2D eigenvalue weighted by Gasteiger charge is -2.08. The van der Waals surface area contributed by atoms with E-state index in [9.17, 15) is 4.39 Å². The van der Waals surface area contributed by atoms with Crippen LogP contribution in [0.3, 0.4) is 0 Å². The number of nitrogens with two attached hydrogens (primary N) is 1. The first-order valence-corrected chi connectivity index (χ1v) is 4.93. The predicted octanol–water partition coefficient (Wildman–Crippen LogP) is 1.75. The van der Waals surface area contributed by atoms with Crippen molar-refractivity contribution in [2.45, 2.75) is 6.54 Å². The van der Waals surface area contributed by atoms with Gasteiger partial charge in [0.1, 0.15) is 5.82 Å². The minimum atomic E-state index is -0.411. The van der Waals surface area contributed by atoms with E-state index in [0.717, 1.165) is 5.69 Å². The van der Waals surface area contributed by atoms with Crippen molar-refractivity contribution in [3.8, 4) is 0 Å². The lowest BCUT2D eigenvalue weighted by Crippen LogP contribution is -2.04. The van der Waals surface area contributed by atoms with Crippen molar-refractivity contribution in [3.05, 3.63) is 42.0 Å². The summed E-state index contributed by atoms with van der Waals surface area (Å²) >= 11 is 0. The molecule has 2 aromatic rings. The summed E-state index contributed by atoms with van der Waals surface area (Å²) in [5, 5.41) is 7.24. The van der Waals surface area contributed by atoms with Gasteiger partial charge in [0, 0.05) is 13.2 Å². The number of para-hydroxylation sites is 1. The Balaban J connectivity index is 2.07. The number of anilines is 2. The average Bonchev–Trinajstić information content (AvgIpc) is 2.67. The van der Waals surface area contributed by atoms with Crippen LogP contribution in [0.5, 0.6) is 0 Å². The zero-order chi connectivity index (χ0) is 11.5. The molecule has 0 bridgehead atoms. The van der Waals surface area contributed by atoms with Crippen LogP contribution in [-0.2, 0) is 13.6 Å². The standard InChI is InChI=1S/C11H13FN4/c1-16-6-5-8(15-16)7-14-10-4-2-3-9(12)11(10)13/h2-6,14H,7,13H2,1H3. The molecule has 0 radical (unpaired) electrons. The van der Waals surface area contributed by atoms with Crippen LogP contribution in [0.4, 0.5) is 15.8 Å². The number of hydrogen-bond donors (Lipinski definition) is 2. The van der Waals surface area contributed by atoms with Crippen LogP contribution in [0.15, 0.2) is 30.5 Å². The van der Waals surface area contributed by atoms with Gasteiger partial charge in [-0.2, -0.15) is 5.10 Å². The fourth-order valence-electron chi connectivity index (χ4n) is 1.43. The molecule has 1 heterocycles. The van der Waals surface area contributed by atoms with Crippen LogP contribution < -0.4 is 11.1 Å². The van der Waals surface area contributed by atoms with Crippen LogP contribution in [-0.4, -0.2) is 9.78 Å². The summed E-state index contributed by atoms with van der Waals surface area (Å²) in [6.07, 6.45) is 1.85. The maximum absolute atomic E-state index is 13.1. The second-order valence-electron chi connectivity index (χ2n) is 3.54. The third-order valence-electron chi connectivity index (χ3n) is 2.28. The fourth-order valence-corrected chi connectivity index (χ4v) is 1.43. The molecule has 0 fully saturated rings. The van der Waals surface area contributed by atoms with Gasteiger partial charge in [-0.05, 0) is 18.2 Å². The second-order valence-corrected chi connectivity index (χ2v) is 3.54. The summed E-state index contributed by atoms with van der Waals surface area (Å²) in [5.41, 5.74) is 7.20. The summed E-state index contributed by atoms with van der Waals surface area (Å²) < 4.78 is 14.8. The summed E-state index contributed by atoms with van der Waals surface area (Å²) in [4.78, 5) is 0. The van der Waals surface area contributed by atoms with E-state index in [1.165, 1.54) is 6.07 Å². The minimum Gasteiger partial charge on any atom is -0.395 e. The Hall–Kier alpha value is -2.04. The minimum absolute atomic E-state index is 0.137. The summed E-state index contributed by atoms with van der Waals surface area (Å²) in [5.74, 6) is -0.411. The predicted molar refractivity (Wildman–Crippen MR) is 61.3 cm³/mol. The van der Waals surface area contributed by atoms with Crippen molar-refractivity contribution < 1.29 is 4.39 Å². The molecule has 16 heavy (non-hydrogen) atoms. The van der Waals surface area contributed by atoms with Crippen LogP contribution in [0.25, 0.3) is 0 Å². The van der Waals surface area contributed by atoms with Crippen molar-refractivity contribution in [3.63, 3.8) is 0 Å². The fraction of sp³-hybridized carbons (Fsp3) is 0.182. The van der Waals surface area contributed by atoms with Gasteiger partial charge in [-0.25, -0.2) is 4.39 Å². The number of aryl methyl sites for hydroxylation is 1. The Morgan fingerprint density at radius 3 is 2.94 bits per heavy atom. The highest BCUT2D eigenvalue weighted by molar-refractivity contribution is 5.66. The summed E-state index contributed by atoms with van der Waals surface area (Å²) in [7, 11) is 1.85. The van der Waals surface area contributed by atoms with Gasteiger partial charge < -0.3 is 11.1 Å². The molecule has 1 aromatic heterocycles. The smallest absolute Gasteiger partial charge is 0.148 e. The van der Waals surface area contributed by atoms with Crippen molar-refractivity contribution >= 4 is 11.4 Å². The Kier molecular flexibility index (Phi) is 2.76. The van der Waals surface area contributed by atoms with Gasteiger partial charge in [-0.1, -0.05) is 6.07 Å². The first-order chi connectivity index (χ1) is 7.66. The number of nitrogens with zero attached hydrogens (tertiary/aromatic N) is 2. The molecular weight excluding hydrogens is 207 g/mol.